The zero-order valence-corrected chi connectivity index (χ0v) is 16.1. The van der Waals surface area contributed by atoms with E-state index in [9.17, 15) is 9.90 Å². The number of carbonyl (C=O) groups is 1. The first-order chi connectivity index (χ1) is 12.9. The van der Waals surface area contributed by atoms with Crippen molar-refractivity contribution in [2.24, 2.45) is 0 Å². The molecule has 0 aliphatic heterocycles. The second-order valence-electron chi connectivity index (χ2n) is 7.40. The normalized spacial score (nSPS) is 21.0. The topological polar surface area (TPSA) is 84.3 Å². The van der Waals surface area contributed by atoms with Crippen LogP contribution in [0.15, 0.2) is 18.2 Å². The SMILES string of the molecule is COC(=O)c1nc(C2CC2)nc(NCC2(O)CCc3ccc(C)cc32)c1Cl. The molecule has 1 heterocycles. The van der Waals surface area contributed by atoms with Gasteiger partial charge in [-0.25, -0.2) is 14.8 Å². The third-order valence-corrected chi connectivity index (χ3v) is 5.67. The van der Waals surface area contributed by atoms with Gasteiger partial charge < -0.3 is 15.2 Å². The zero-order chi connectivity index (χ0) is 19.2. The highest BCUT2D eigenvalue weighted by Gasteiger charge is 2.37. The monoisotopic (exact) mass is 387 g/mol. The van der Waals surface area contributed by atoms with Crippen molar-refractivity contribution in [2.45, 2.75) is 44.1 Å². The largest absolute Gasteiger partial charge is 0.464 e. The summed E-state index contributed by atoms with van der Waals surface area (Å²) in [6.07, 6.45) is 3.45. The minimum atomic E-state index is -0.999. The molecule has 4 rings (SSSR count). The fourth-order valence-corrected chi connectivity index (χ4v) is 3.80. The predicted molar refractivity (Wildman–Crippen MR) is 102 cm³/mol. The van der Waals surface area contributed by atoms with Crippen molar-refractivity contribution < 1.29 is 14.6 Å². The summed E-state index contributed by atoms with van der Waals surface area (Å²) in [6, 6.07) is 6.16. The van der Waals surface area contributed by atoms with E-state index in [-0.39, 0.29) is 23.2 Å². The summed E-state index contributed by atoms with van der Waals surface area (Å²) >= 11 is 6.37. The number of anilines is 1. The highest BCUT2D eigenvalue weighted by molar-refractivity contribution is 6.35. The number of nitrogens with zero attached hydrogens (tertiary/aromatic N) is 2. The third-order valence-electron chi connectivity index (χ3n) is 5.31. The van der Waals surface area contributed by atoms with Crippen LogP contribution >= 0.6 is 11.6 Å². The van der Waals surface area contributed by atoms with Gasteiger partial charge in [0.25, 0.3) is 0 Å². The van der Waals surface area contributed by atoms with Crippen molar-refractivity contribution in [2.75, 3.05) is 19.0 Å². The lowest BCUT2D eigenvalue weighted by Gasteiger charge is -2.25. The van der Waals surface area contributed by atoms with Crippen molar-refractivity contribution in [1.82, 2.24) is 9.97 Å². The number of nitrogens with one attached hydrogen (secondary N) is 1. The summed E-state index contributed by atoms with van der Waals surface area (Å²) < 4.78 is 4.79. The highest BCUT2D eigenvalue weighted by atomic mass is 35.5. The van der Waals surface area contributed by atoms with E-state index in [4.69, 9.17) is 16.3 Å². The van der Waals surface area contributed by atoms with Gasteiger partial charge in [0.05, 0.1) is 7.11 Å². The Bertz CT molecular complexity index is 914. The molecule has 2 N–H and O–H groups in total. The van der Waals surface area contributed by atoms with Crippen LogP contribution in [-0.2, 0) is 16.8 Å². The molecule has 1 saturated carbocycles. The summed E-state index contributed by atoms with van der Waals surface area (Å²) in [5.74, 6) is 0.623. The Morgan fingerprint density at radius 3 is 2.89 bits per heavy atom. The van der Waals surface area contributed by atoms with E-state index in [1.165, 1.54) is 7.11 Å². The number of methoxy groups -OCH3 is 1. The highest BCUT2D eigenvalue weighted by Crippen LogP contribution is 2.41. The maximum absolute atomic E-state index is 12.0. The van der Waals surface area contributed by atoms with Gasteiger partial charge in [-0.2, -0.15) is 0 Å². The number of hydrogen-bond donors (Lipinski definition) is 2. The van der Waals surface area contributed by atoms with E-state index in [0.29, 0.717) is 18.1 Å². The van der Waals surface area contributed by atoms with Crippen LogP contribution in [0, 0.1) is 6.92 Å². The van der Waals surface area contributed by atoms with E-state index < -0.39 is 11.6 Å². The van der Waals surface area contributed by atoms with Crippen LogP contribution in [0.25, 0.3) is 0 Å². The molecule has 1 atom stereocenters. The van der Waals surface area contributed by atoms with Gasteiger partial charge >= 0.3 is 5.97 Å². The van der Waals surface area contributed by atoms with Crippen molar-refractivity contribution in [1.29, 1.82) is 0 Å². The molecule has 0 saturated heterocycles. The standard InChI is InChI=1S/C20H22ClN3O3/c1-11-3-4-12-7-8-20(26,14(12)9-11)10-22-18-15(21)16(19(25)27-2)23-17(24-18)13-5-6-13/h3-4,9,13,26H,5-8,10H2,1-2H3,(H,22,23,24). The number of aliphatic hydroxyl groups is 1. The van der Waals surface area contributed by atoms with Gasteiger partial charge in [0.1, 0.15) is 22.3 Å². The van der Waals surface area contributed by atoms with Crippen LogP contribution in [0.5, 0.6) is 0 Å². The molecule has 2 aliphatic carbocycles. The number of ether oxygens (including phenoxy) is 1. The third kappa shape index (κ3) is 3.39. The average Bonchev–Trinajstić information content (AvgIpc) is 3.46. The Labute approximate surface area is 162 Å². The average molecular weight is 388 g/mol. The first-order valence-corrected chi connectivity index (χ1v) is 9.51. The molecule has 1 fully saturated rings. The molecular formula is C20H22ClN3O3. The predicted octanol–water partition coefficient (Wildman–Crippen LogP) is 3.35. The van der Waals surface area contributed by atoms with Crippen molar-refractivity contribution in [3.63, 3.8) is 0 Å². The fourth-order valence-electron chi connectivity index (χ4n) is 3.57. The lowest BCUT2D eigenvalue weighted by Crippen LogP contribution is -2.32. The molecule has 0 bridgehead atoms. The molecule has 1 aromatic heterocycles. The number of esters is 1. The Balaban J connectivity index is 1.63. The van der Waals surface area contributed by atoms with Crippen molar-refractivity contribution in [3.05, 3.63) is 51.4 Å². The minimum absolute atomic E-state index is 0.0632. The number of rotatable bonds is 5. The van der Waals surface area contributed by atoms with Gasteiger partial charge in [-0.05, 0) is 43.7 Å². The molecule has 7 heteroatoms. The van der Waals surface area contributed by atoms with E-state index >= 15 is 0 Å². The number of carbonyl (C=O) groups excluding carboxylic acids is 1. The molecule has 2 aliphatic rings. The van der Waals surface area contributed by atoms with Crippen LogP contribution in [0.4, 0.5) is 5.82 Å². The van der Waals surface area contributed by atoms with Crippen LogP contribution in [-0.4, -0.2) is 34.7 Å². The Hall–Kier alpha value is -2.18. The van der Waals surface area contributed by atoms with Crippen molar-refractivity contribution in [3.8, 4) is 0 Å². The molecule has 142 valence electrons. The fraction of sp³-hybridized carbons (Fsp3) is 0.450. The van der Waals surface area contributed by atoms with Crippen molar-refractivity contribution >= 4 is 23.4 Å². The Kier molecular flexibility index (Phi) is 4.56. The summed E-state index contributed by atoms with van der Waals surface area (Å²) in [4.78, 5) is 20.8. The molecule has 0 radical (unpaired) electrons. The molecule has 0 spiro atoms. The van der Waals surface area contributed by atoms with Gasteiger partial charge in [-0.1, -0.05) is 35.4 Å². The van der Waals surface area contributed by atoms with Crippen LogP contribution in [0.2, 0.25) is 5.02 Å². The quantitative estimate of drug-likeness (QED) is 0.765. The number of aryl methyl sites for hydroxylation is 2. The number of hydrogen-bond acceptors (Lipinski definition) is 6. The molecular weight excluding hydrogens is 366 g/mol. The van der Waals surface area contributed by atoms with E-state index in [2.05, 4.69) is 27.4 Å². The van der Waals surface area contributed by atoms with Crippen LogP contribution in [0.1, 0.15) is 58.2 Å². The second-order valence-corrected chi connectivity index (χ2v) is 7.78. The maximum Gasteiger partial charge on any atom is 0.358 e. The smallest absolute Gasteiger partial charge is 0.358 e. The lowest BCUT2D eigenvalue weighted by molar-refractivity contribution is 0.0525. The number of aromatic nitrogens is 2. The number of halogens is 1. The number of fused-ring (bicyclic) bond motifs is 1. The molecule has 27 heavy (non-hydrogen) atoms. The van der Waals surface area contributed by atoms with Gasteiger partial charge in [0.15, 0.2) is 5.69 Å². The van der Waals surface area contributed by atoms with Gasteiger partial charge in [0.2, 0.25) is 0 Å². The van der Waals surface area contributed by atoms with E-state index in [1.807, 2.05) is 13.0 Å². The Morgan fingerprint density at radius 1 is 1.41 bits per heavy atom. The van der Waals surface area contributed by atoms with Gasteiger partial charge in [-0.3, -0.25) is 0 Å². The summed E-state index contributed by atoms with van der Waals surface area (Å²) in [6.45, 7) is 2.27. The van der Waals surface area contributed by atoms with E-state index in [0.717, 1.165) is 36.0 Å². The van der Waals surface area contributed by atoms with Gasteiger partial charge in [-0.15, -0.1) is 0 Å². The summed E-state index contributed by atoms with van der Waals surface area (Å²) in [5.41, 5.74) is 2.27. The molecule has 1 unspecified atom stereocenters. The molecule has 1 aromatic carbocycles. The van der Waals surface area contributed by atoms with E-state index in [1.54, 1.807) is 0 Å². The first-order valence-electron chi connectivity index (χ1n) is 9.13. The minimum Gasteiger partial charge on any atom is -0.464 e. The molecule has 0 amide bonds. The van der Waals surface area contributed by atoms with Crippen LogP contribution < -0.4 is 5.32 Å². The summed E-state index contributed by atoms with van der Waals surface area (Å²) in [5, 5.41) is 14.5. The molecule has 6 nitrogen and oxygen atoms in total. The second kappa shape index (κ2) is 6.77. The first kappa shape index (κ1) is 18.2. The van der Waals surface area contributed by atoms with Crippen LogP contribution in [0.3, 0.4) is 0 Å². The summed E-state index contributed by atoms with van der Waals surface area (Å²) in [7, 11) is 1.30. The maximum atomic E-state index is 12.0. The Morgan fingerprint density at radius 2 is 2.19 bits per heavy atom. The zero-order valence-electron chi connectivity index (χ0n) is 15.4. The molecule has 2 aromatic rings. The number of benzene rings is 1. The lowest BCUT2D eigenvalue weighted by atomic mass is 9.94. The van der Waals surface area contributed by atoms with Gasteiger partial charge in [0, 0.05) is 12.5 Å².